The van der Waals surface area contributed by atoms with Crippen LogP contribution in [0.15, 0.2) is 91.0 Å². The zero-order chi connectivity index (χ0) is 31.7. The number of rotatable bonds is 27. The molecule has 1 N–H and O–H groups in total. The topological polar surface area (TPSA) is 38.7 Å². The highest BCUT2D eigenvalue weighted by Crippen LogP contribution is 2.40. The first-order chi connectivity index (χ1) is 22.3. The number of unbranched alkanes of at least 4 members (excludes halogenated alkanes) is 17. The molecular formula is C42H62O3. The van der Waals surface area contributed by atoms with E-state index in [1.807, 2.05) is 18.2 Å². The fraction of sp³-hybridized carbons (Fsp3) is 0.571. The van der Waals surface area contributed by atoms with Crippen LogP contribution in [0.1, 0.15) is 139 Å². The average Bonchev–Trinajstić information content (AvgIpc) is 3.10. The van der Waals surface area contributed by atoms with Crippen molar-refractivity contribution < 1.29 is 14.6 Å². The predicted molar refractivity (Wildman–Crippen MR) is 191 cm³/mol. The van der Waals surface area contributed by atoms with Gasteiger partial charge in [-0.3, -0.25) is 0 Å². The van der Waals surface area contributed by atoms with E-state index < -0.39 is 5.60 Å². The van der Waals surface area contributed by atoms with Gasteiger partial charge >= 0.3 is 0 Å². The molecule has 0 saturated carbocycles. The third-order valence-electron chi connectivity index (χ3n) is 9.08. The number of ether oxygens (including phenoxy) is 2. The standard InChI is InChI=1S/C42H62O3/c1-2-3-4-5-6-7-8-9-10-11-12-13-14-15-16-17-18-28-35-44-41(36-43)37-45-42(38-29-22-19-23-30-38,39-31-24-20-25-32-39)40-33-26-21-27-34-40/h19-27,29-34,41,43H,2-18,28,35-37H2,1H3. The molecule has 3 aromatic carbocycles. The van der Waals surface area contributed by atoms with Gasteiger partial charge < -0.3 is 14.6 Å². The molecule has 0 heterocycles. The maximum atomic E-state index is 10.2. The molecule has 0 spiro atoms. The van der Waals surface area contributed by atoms with Gasteiger partial charge in [0.2, 0.25) is 0 Å². The number of aliphatic hydroxyl groups is 1. The van der Waals surface area contributed by atoms with Crippen molar-refractivity contribution in [1.29, 1.82) is 0 Å². The first-order valence-corrected chi connectivity index (χ1v) is 18.3. The third-order valence-corrected chi connectivity index (χ3v) is 9.08. The summed E-state index contributed by atoms with van der Waals surface area (Å²) in [6.45, 7) is 3.18. The first-order valence-electron chi connectivity index (χ1n) is 18.3. The van der Waals surface area contributed by atoms with E-state index in [2.05, 4.69) is 79.7 Å². The van der Waals surface area contributed by atoms with Crippen molar-refractivity contribution in [3.8, 4) is 0 Å². The molecule has 0 aliphatic carbocycles. The van der Waals surface area contributed by atoms with Gasteiger partial charge in [0.15, 0.2) is 0 Å². The zero-order valence-corrected chi connectivity index (χ0v) is 28.4. The molecule has 0 aliphatic heterocycles. The second-order valence-corrected chi connectivity index (χ2v) is 12.8. The lowest BCUT2D eigenvalue weighted by Crippen LogP contribution is -2.37. The molecule has 248 valence electrons. The van der Waals surface area contributed by atoms with E-state index in [0.29, 0.717) is 13.2 Å². The van der Waals surface area contributed by atoms with Gasteiger partial charge in [0.25, 0.3) is 0 Å². The number of aliphatic hydroxyl groups excluding tert-OH is 1. The van der Waals surface area contributed by atoms with E-state index >= 15 is 0 Å². The van der Waals surface area contributed by atoms with Crippen LogP contribution in [0.5, 0.6) is 0 Å². The molecule has 0 bridgehead atoms. The average molecular weight is 615 g/mol. The Morgan fingerprint density at radius 1 is 0.489 bits per heavy atom. The summed E-state index contributed by atoms with van der Waals surface area (Å²) in [6.07, 6.45) is 24.2. The molecule has 0 fully saturated rings. The predicted octanol–water partition coefficient (Wildman–Crippen LogP) is 11.4. The van der Waals surface area contributed by atoms with Crippen LogP contribution in [0.2, 0.25) is 0 Å². The molecule has 3 heteroatoms. The van der Waals surface area contributed by atoms with E-state index in [-0.39, 0.29) is 12.7 Å². The maximum Gasteiger partial charge on any atom is 0.143 e. The minimum atomic E-state index is -0.798. The fourth-order valence-corrected chi connectivity index (χ4v) is 6.39. The number of benzene rings is 3. The molecule has 3 aromatic rings. The summed E-state index contributed by atoms with van der Waals surface area (Å²) in [5.74, 6) is 0. The van der Waals surface area contributed by atoms with Crippen molar-refractivity contribution >= 4 is 0 Å². The lowest BCUT2D eigenvalue weighted by molar-refractivity contribution is -0.0813. The third kappa shape index (κ3) is 13.8. The van der Waals surface area contributed by atoms with Crippen molar-refractivity contribution in [1.82, 2.24) is 0 Å². The van der Waals surface area contributed by atoms with Crippen molar-refractivity contribution in [2.75, 3.05) is 19.8 Å². The molecule has 0 saturated heterocycles. The molecular weight excluding hydrogens is 552 g/mol. The molecule has 3 rings (SSSR count). The Balaban J connectivity index is 1.31. The van der Waals surface area contributed by atoms with Crippen LogP contribution >= 0.6 is 0 Å². The minimum Gasteiger partial charge on any atom is -0.394 e. The van der Waals surface area contributed by atoms with Crippen LogP contribution in [0.4, 0.5) is 0 Å². The highest BCUT2D eigenvalue weighted by Gasteiger charge is 2.38. The molecule has 1 unspecified atom stereocenters. The van der Waals surface area contributed by atoms with E-state index in [0.717, 1.165) is 23.1 Å². The van der Waals surface area contributed by atoms with Gasteiger partial charge in [-0.2, -0.15) is 0 Å². The second-order valence-electron chi connectivity index (χ2n) is 12.8. The molecule has 1 atom stereocenters. The van der Waals surface area contributed by atoms with Gasteiger partial charge in [-0.15, -0.1) is 0 Å². The Labute approximate surface area is 275 Å². The van der Waals surface area contributed by atoms with Gasteiger partial charge in [0, 0.05) is 6.61 Å². The summed E-state index contributed by atoms with van der Waals surface area (Å²) in [4.78, 5) is 0. The van der Waals surface area contributed by atoms with Gasteiger partial charge in [-0.05, 0) is 23.1 Å². The summed E-state index contributed by atoms with van der Waals surface area (Å²) in [5.41, 5.74) is 2.38. The minimum absolute atomic E-state index is 0.0620. The molecule has 45 heavy (non-hydrogen) atoms. The maximum absolute atomic E-state index is 10.2. The summed E-state index contributed by atoms with van der Waals surface area (Å²) in [5, 5.41) is 10.2. The Kier molecular flexibility index (Phi) is 19.6. The van der Waals surface area contributed by atoms with E-state index in [9.17, 15) is 5.11 Å². The molecule has 3 nitrogen and oxygen atoms in total. The van der Waals surface area contributed by atoms with Crippen molar-refractivity contribution in [3.05, 3.63) is 108 Å². The van der Waals surface area contributed by atoms with Crippen molar-refractivity contribution in [2.24, 2.45) is 0 Å². The van der Waals surface area contributed by atoms with Crippen LogP contribution in [0.3, 0.4) is 0 Å². The second kappa shape index (κ2) is 23.8. The fourth-order valence-electron chi connectivity index (χ4n) is 6.39. The number of hydrogen-bond acceptors (Lipinski definition) is 3. The highest BCUT2D eigenvalue weighted by atomic mass is 16.5. The molecule has 0 aliphatic rings. The quantitative estimate of drug-likeness (QED) is 0.0686. The van der Waals surface area contributed by atoms with Crippen LogP contribution < -0.4 is 0 Å². The smallest absolute Gasteiger partial charge is 0.143 e. The van der Waals surface area contributed by atoms with Crippen LogP contribution in [0, 0.1) is 0 Å². The van der Waals surface area contributed by atoms with Crippen LogP contribution in [-0.2, 0) is 15.1 Å². The van der Waals surface area contributed by atoms with Gasteiger partial charge in [0.1, 0.15) is 11.7 Å². The number of hydrogen-bond donors (Lipinski definition) is 1. The lowest BCUT2D eigenvalue weighted by atomic mass is 9.80. The summed E-state index contributed by atoms with van der Waals surface area (Å²) in [6, 6.07) is 31.1. The zero-order valence-electron chi connectivity index (χ0n) is 28.4. The Bertz CT molecular complexity index is 972. The first kappa shape index (κ1) is 37.0. The summed E-state index contributed by atoms with van der Waals surface area (Å²) < 4.78 is 13.0. The van der Waals surface area contributed by atoms with E-state index in [1.165, 1.54) is 109 Å². The van der Waals surface area contributed by atoms with Gasteiger partial charge in [-0.1, -0.05) is 207 Å². The van der Waals surface area contributed by atoms with Crippen molar-refractivity contribution in [3.63, 3.8) is 0 Å². The Morgan fingerprint density at radius 2 is 0.822 bits per heavy atom. The monoisotopic (exact) mass is 614 g/mol. The normalized spacial score (nSPS) is 12.4. The summed E-state index contributed by atoms with van der Waals surface area (Å²) in [7, 11) is 0. The highest BCUT2D eigenvalue weighted by molar-refractivity contribution is 5.47. The largest absolute Gasteiger partial charge is 0.394 e. The Hall–Kier alpha value is -2.46. The Morgan fingerprint density at radius 3 is 1.16 bits per heavy atom. The van der Waals surface area contributed by atoms with Crippen LogP contribution in [-0.4, -0.2) is 31.0 Å². The van der Waals surface area contributed by atoms with Gasteiger partial charge in [-0.25, -0.2) is 0 Å². The SMILES string of the molecule is CCCCCCCCCCCCCCCCCCCCOC(CO)COC(c1ccccc1)(c1ccccc1)c1ccccc1. The molecule has 0 aromatic heterocycles. The lowest BCUT2D eigenvalue weighted by Gasteiger charge is -2.37. The molecule has 0 amide bonds. The van der Waals surface area contributed by atoms with E-state index in [4.69, 9.17) is 9.47 Å². The van der Waals surface area contributed by atoms with Gasteiger partial charge in [0.05, 0.1) is 13.2 Å². The summed E-state index contributed by atoms with van der Waals surface area (Å²) >= 11 is 0. The van der Waals surface area contributed by atoms with Crippen LogP contribution in [0.25, 0.3) is 0 Å². The van der Waals surface area contributed by atoms with Crippen molar-refractivity contribution in [2.45, 2.75) is 134 Å². The van der Waals surface area contributed by atoms with E-state index in [1.54, 1.807) is 0 Å². The molecule has 0 radical (unpaired) electrons.